The fraction of sp³-hybridized carbons (Fsp3) is 0.933. The van der Waals surface area contributed by atoms with Crippen molar-refractivity contribution in [2.24, 2.45) is 0 Å². The number of amides is 1. The summed E-state index contributed by atoms with van der Waals surface area (Å²) in [7, 11) is 0. The maximum atomic E-state index is 12.0. The van der Waals surface area contributed by atoms with E-state index in [1.165, 1.54) is 6.42 Å². The minimum absolute atomic E-state index is 0.386. The molecule has 0 saturated carbocycles. The maximum absolute atomic E-state index is 12.0. The van der Waals surface area contributed by atoms with Crippen LogP contribution in [0.1, 0.15) is 44.9 Å². The predicted octanol–water partition coefficient (Wildman–Crippen LogP) is 1.22. The van der Waals surface area contributed by atoms with Crippen molar-refractivity contribution in [2.75, 3.05) is 32.7 Å². The van der Waals surface area contributed by atoms with Gasteiger partial charge in [-0.25, -0.2) is 0 Å². The van der Waals surface area contributed by atoms with E-state index in [-0.39, 0.29) is 0 Å². The molecule has 0 bridgehead atoms. The molecule has 0 radical (unpaired) electrons. The van der Waals surface area contributed by atoms with E-state index in [2.05, 4.69) is 9.80 Å². The van der Waals surface area contributed by atoms with Crippen LogP contribution in [0.3, 0.4) is 0 Å². The number of nitrogens with one attached hydrogen (secondary N) is 1. The van der Waals surface area contributed by atoms with Crippen LogP contribution in [0.2, 0.25) is 1.41 Å². The highest BCUT2D eigenvalue weighted by molar-refractivity contribution is 5.77. The van der Waals surface area contributed by atoms with Crippen LogP contribution in [-0.2, 0) is 4.79 Å². The van der Waals surface area contributed by atoms with E-state index >= 15 is 0 Å². The van der Waals surface area contributed by atoms with Crippen LogP contribution < -0.4 is 5.31 Å². The van der Waals surface area contributed by atoms with Gasteiger partial charge in [-0.1, -0.05) is 0 Å². The second kappa shape index (κ2) is 6.23. The Labute approximate surface area is 118 Å². The number of piperidine rings is 3. The minimum atomic E-state index is 0.386. The normalized spacial score (nSPS) is 30.6. The third kappa shape index (κ3) is 3.11. The van der Waals surface area contributed by atoms with E-state index in [9.17, 15) is 4.79 Å². The lowest BCUT2D eigenvalue weighted by Crippen LogP contribution is -2.52. The van der Waals surface area contributed by atoms with Crippen LogP contribution in [0.25, 0.3) is 0 Å². The average Bonchev–Trinajstić information content (AvgIpc) is 2.49. The van der Waals surface area contributed by atoms with Crippen molar-refractivity contribution in [3.63, 3.8) is 0 Å². The minimum Gasteiger partial charge on any atom is -0.340 e. The van der Waals surface area contributed by atoms with Gasteiger partial charge in [-0.05, 0) is 51.6 Å². The molecule has 19 heavy (non-hydrogen) atoms. The van der Waals surface area contributed by atoms with Gasteiger partial charge in [0, 0.05) is 38.1 Å². The van der Waals surface area contributed by atoms with Crippen LogP contribution >= 0.6 is 0 Å². The number of hydrogen-bond donors (Lipinski definition) is 1. The quantitative estimate of drug-likeness (QED) is 0.816. The Morgan fingerprint density at radius 1 is 1.00 bits per heavy atom. The fourth-order valence-electron chi connectivity index (χ4n) is 3.88. The number of rotatable bonds is 2. The standard InChI is InChI=1S/C15H27N3O/c19-15-3-1-2-10-18(15)14-6-11-17(12-7-14)13-4-8-16-9-5-13/h13-14,16H,1-12H2/i/hD. The zero-order valence-corrected chi connectivity index (χ0v) is 11.9. The molecule has 0 aliphatic carbocycles. The molecule has 0 aromatic carbocycles. The molecular formula is C15H27N3O. The first kappa shape index (κ1) is 12.2. The third-order valence-electron chi connectivity index (χ3n) is 5.06. The summed E-state index contributed by atoms with van der Waals surface area (Å²) >= 11 is 0. The Morgan fingerprint density at radius 2 is 1.74 bits per heavy atom. The molecule has 1 amide bonds. The van der Waals surface area contributed by atoms with Crippen LogP contribution in [0.5, 0.6) is 0 Å². The zero-order valence-electron chi connectivity index (χ0n) is 12.9. The molecule has 4 nitrogen and oxygen atoms in total. The molecule has 3 saturated heterocycles. The molecule has 3 aliphatic rings. The first-order valence-electron chi connectivity index (χ1n) is 8.46. The first-order valence-corrected chi connectivity index (χ1v) is 8.01. The first-order chi connectivity index (χ1) is 9.74. The van der Waals surface area contributed by atoms with Crippen LogP contribution in [0, 0.1) is 0 Å². The molecule has 0 aromatic rings. The highest BCUT2D eigenvalue weighted by atomic mass is 16.2. The van der Waals surface area contributed by atoms with E-state index in [0.29, 0.717) is 18.0 Å². The summed E-state index contributed by atoms with van der Waals surface area (Å²) in [4.78, 5) is 16.8. The number of carbonyl (C=O) groups is 1. The summed E-state index contributed by atoms with van der Waals surface area (Å²) in [5.41, 5.74) is 0. The topological polar surface area (TPSA) is 35.6 Å². The van der Waals surface area contributed by atoms with Gasteiger partial charge in [-0.3, -0.25) is 4.79 Å². The Kier molecular flexibility index (Phi) is 3.98. The molecule has 0 spiro atoms. The monoisotopic (exact) mass is 266 g/mol. The Hall–Kier alpha value is -0.610. The second-order valence-corrected chi connectivity index (χ2v) is 6.21. The molecule has 0 aromatic heterocycles. The van der Waals surface area contributed by atoms with E-state index in [4.69, 9.17) is 1.41 Å². The number of carbonyl (C=O) groups excluding carboxylic acids is 1. The number of nitrogens with zero attached hydrogens (tertiary/aromatic N) is 2. The van der Waals surface area contributed by atoms with Gasteiger partial charge >= 0.3 is 0 Å². The molecule has 3 heterocycles. The van der Waals surface area contributed by atoms with Crippen molar-refractivity contribution in [3.05, 3.63) is 0 Å². The van der Waals surface area contributed by atoms with Crippen molar-refractivity contribution in [3.8, 4) is 0 Å². The molecule has 4 heteroatoms. The van der Waals surface area contributed by atoms with E-state index in [1.807, 2.05) is 0 Å². The Morgan fingerprint density at radius 3 is 2.42 bits per heavy atom. The van der Waals surface area contributed by atoms with E-state index in [0.717, 1.165) is 71.2 Å². The van der Waals surface area contributed by atoms with Crippen LogP contribution in [0.15, 0.2) is 0 Å². The summed E-state index contributed by atoms with van der Waals surface area (Å²) in [6.07, 6.45) is 7.60. The van der Waals surface area contributed by atoms with Gasteiger partial charge in [0.05, 0.1) is 0 Å². The van der Waals surface area contributed by atoms with Gasteiger partial charge in [0.15, 0.2) is 0 Å². The summed E-state index contributed by atoms with van der Waals surface area (Å²) in [6.45, 7) is 5.08. The lowest BCUT2D eigenvalue weighted by molar-refractivity contribution is -0.137. The Bertz CT molecular complexity index is 336. The molecule has 3 aliphatic heterocycles. The summed E-state index contributed by atoms with van der Waals surface area (Å²) in [6, 6.07) is 1.17. The van der Waals surface area contributed by atoms with Crippen molar-refractivity contribution in [2.45, 2.75) is 57.0 Å². The zero-order chi connectivity index (χ0) is 13.9. The average molecular weight is 266 g/mol. The number of likely N-dealkylation sites (tertiary alicyclic amines) is 2. The lowest BCUT2D eigenvalue weighted by Gasteiger charge is -2.43. The number of hydrogen-bond acceptors (Lipinski definition) is 3. The molecular weight excluding hydrogens is 238 g/mol. The van der Waals surface area contributed by atoms with E-state index in [1.54, 1.807) is 5.31 Å². The maximum Gasteiger partial charge on any atom is 0.222 e. The van der Waals surface area contributed by atoms with E-state index < -0.39 is 0 Å². The lowest BCUT2D eigenvalue weighted by atomic mass is 9.96. The van der Waals surface area contributed by atoms with Gasteiger partial charge in [0.1, 0.15) is 1.41 Å². The molecule has 3 rings (SSSR count). The van der Waals surface area contributed by atoms with Crippen molar-refractivity contribution in [1.29, 1.82) is 0 Å². The highest BCUT2D eigenvalue weighted by Gasteiger charge is 2.31. The van der Waals surface area contributed by atoms with Gasteiger partial charge in [0.2, 0.25) is 5.91 Å². The molecule has 3 fully saturated rings. The van der Waals surface area contributed by atoms with Gasteiger partial charge < -0.3 is 15.1 Å². The summed E-state index contributed by atoms with van der Waals surface area (Å²) in [5, 5.41) is 1.69. The third-order valence-corrected chi connectivity index (χ3v) is 5.06. The Balaban J connectivity index is 1.48. The largest absolute Gasteiger partial charge is 0.340 e. The smallest absolute Gasteiger partial charge is 0.222 e. The molecule has 0 unspecified atom stereocenters. The van der Waals surface area contributed by atoms with Gasteiger partial charge in [-0.15, -0.1) is 0 Å². The van der Waals surface area contributed by atoms with Gasteiger partial charge in [-0.2, -0.15) is 0 Å². The molecule has 0 atom stereocenters. The SMILES string of the molecule is [2H]N1CCC(N2CCC(N3CCCCC3=O)CC2)CC1. The highest BCUT2D eigenvalue weighted by Crippen LogP contribution is 2.24. The fourth-order valence-corrected chi connectivity index (χ4v) is 3.88. The van der Waals surface area contributed by atoms with Crippen molar-refractivity contribution < 1.29 is 6.21 Å². The van der Waals surface area contributed by atoms with Crippen LogP contribution in [0.4, 0.5) is 0 Å². The summed E-state index contributed by atoms with van der Waals surface area (Å²) in [5.74, 6) is 0.386. The van der Waals surface area contributed by atoms with Gasteiger partial charge in [0.25, 0.3) is 0 Å². The molecule has 1 N–H and O–H groups in total. The van der Waals surface area contributed by atoms with Crippen molar-refractivity contribution in [1.82, 2.24) is 15.1 Å². The summed E-state index contributed by atoms with van der Waals surface area (Å²) < 4.78 is 7.63. The molecule has 108 valence electrons. The predicted molar refractivity (Wildman–Crippen MR) is 76.1 cm³/mol. The van der Waals surface area contributed by atoms with Crippen molar-refractivity contribution >= 4 is 5.91 Å². The van der Waals surface area contributed by atoms with Crippen LogP contribution in [-0.4, -0.2) is 60.5 Å². The second-order valence-electron chi connectivity index (χ2n) is 6.21.